The van der Waals surface area contributed by atoms with Gasteiger partial charge in [0.25, 0.3) is 5.91 Å². The summed E-state index contributed by atoms with van der Waals surface area (Å²) in [5, 5.41) is 3.95. The fourth-order valence-electron chi connectivity index (χ4n) is 2.24. The lowest BCUT2D eigenvalue weighted by Crippen LogP contribution is -2.12. The lowest BCUT2D eigenvalue weighted by Gasteiger charge is -2.13. The first-order chi connectivity index (χ1) is 10.1. The first-order valence-corrected chi connectivity index (χ1v) is 6.79. The Morgan fingerprint density at radius 2 is 1.81 bits per heavy atom. The van der Waals surface area contributed by atoms with Gasteiger partial charge in [-0.25, -0.2) is 0 Å². The van der Waals surface area contributed by atoms with Gasteiger partial charge >= 0.3 is 0 Å². The zero-order valence-electron chi connectivity index (χ0n) is 12.1. The molecule has 1 heterocycles. The molecule has 0 atom stereocenters. The number of amides is 1. The lowest BCUT2D eigenvalue weighted by molar-refractivity contribution is 0.102. The molecular formula is C17H17N3O. The number of carbonyl (C=O) groups excluding carboxylic acids is 1. The van der Waals surface area contributed by atoms with E-state index in [0.29, 0.717) is 5.56 Å². The molecule has 0 saturated carbocycles. The number of anilines is 2. The maximum atomic E-state index is 12.3. The summed E-state index contributed by atoms with van der Waals surface area (Å²) in [7, 11) is 3.97. The van der Waals surface area contributed by atoms with E-state index in [0.717, 1.165) is 22.3 Å². The smallest absolute Gasteiger partial charge is 0.255 e. The topological polar surface area (TPSA) is 48.1 Å². The predicted octanol–water partition coefficient (Wildman–Crippen LogP) is 3.49. The van der Waals surface area contributed by atoms with Gasteiger partial charge in [0.2, 0.25) is 0 Å². The van der Waals surface area contributed by atoms with Crippen molar-refractivity contribution < 1.29 is 4.79 Å². The van der Waals surface area contributed by atoms with Crippen LogP contribution in [0.15, 0.2) is 54.7 Å². The van der Waals surface area contributed by atoms with Gasteiger partial charge in [-0.3, -0.25) is 4.79 Å². The van der Waals surface area contributed by atoms with Crippen molar-refractivity contribution in [3.63, 3.8) is 0 Å². The fourth-order valence-corrected chi connectivity index (χ4v) is 2.24. The lowest BCUT2D eigenvalue weighted by atomic mass is 10.1. The van der Waals surface area contributed by atoms with Gasteiger partial charge in [-0.15, -0.1) is 0 Å². The van der Waals surface area contributed by atoms with Gasteiger partial charge in [-0.05, 0) is 48.5 Å². The molecule has 0 aliphatic carbocycles. The van der Waals surface area contributed by atoms with Crippen molar-refractivity contribution in [1.29, 1.82) is 0 Å². The van der Waals surface area contributed by atoms with Crippen molar-refractivity contribution in [3.05, 3.63) is 60.3 Å². The molecule has 2 aromatic carbocycles. The molecule has 3 aromatic rings. The number of aromatic nitrogens is 1. The number of benzene rings is 2. The van der Waals surface area contributed by atoms with E-state index in [4.69, 9.17) is 0 Å². The number of carbonyl (C=O) groups is 1. The number of hydrogen-bond acceptors (Lipinski definition) is 2. The maximum absolute atomic E-state index is 12.3. The van der Waals surface area contributed by atoms with Crippen LogP contribution in [0.3, 0.4) is 0 Å². The Morgan fingerprint density at radius 1 is 1.05 bits per heavy atom. The highest BCUT2D eigenvalue weighted by Crippen LogP contribution is 2.18. The molecule has 0 bridgehead atoms. The average molecular weight is 279 g/mol. The summed E-state index contributed by atoms with van der Waals surface area (Å²) >= 11 is 0. The van der Waals surface area contributed by atoms with E-state index in [-0.39, 0.29) is 5.91 Å². The minimum atomic E-state index is -0.101. The van der Waals surface area contributed by atoms with E-state index < -0.39 is 0 Å². The number of H-pyrrole nitrogens is 1. The fraction of sp³-hybridized carbons (Fsp3) is 0.118. The van der Waals surface area contributed by atoms with Crippen LogP contribution in [0.2, 0.25) is 0 Å². The molecule has 1 amide bonds. The zero-order chi connectivity index (χ0) is 14.8. The predicted molar refractivity (Wildman–Crippen MR) is 87.0 cm³/mol. The van der Waals surface area contributed by atoms with E-state index in [1.165, 1.54) is 0 Å². The maximum Gasteiger partial charge on any atom is 0.255 e. The molecule has 1 aromatic heterocycles. The molecule has 0 unspecified atom stereocenters. The number of nitrogens with zero attached hydrogens (tertiary/aromatic N) is 1. The van der Waals surface area contributed by atoms with Crippen LogP contribution in [0.1, 0.15) is 10.4 Å². The van der Waals surface area contributed by atoms with E-state index in [2.05, 4.69) is 10.3 Å². The van der Waals surface area contributed by atoms with E-state index in [1.54, 1.807) is 0 Å². The molecule has 3 rings (SSSR count). The van der Waals surface area contributed by atoms with E-state index in [9.17, 15) is 4.79 Å². The second-order valence-electron chi connectivity index (χ2n) is 5.18. The molecule has 21 heavy (non-hydrogen) atoms. The standard InChI is InChI=1S/C17H17N3O/c1-20(2)15-6-4-14(5-7-15)19-17(21)13-3-8-16-12(11-13)9-10-18-16/h3-11,18H,1-2H3,(H,19,21). The summed E-state index contributed by atoms with van der Waals surface area (Å²) < 4.78 is 0. The van der Waals surface area contributed by atoms with Crippen LogP contribution in [0.4, 0.5) is 11.4 Å². The first kappa shape index (κ1) is 13.2. The Bertz CT molecular complexity index is 772. The van der Waals surface area contributed by atoms with Crippen molar-refractivity contribution in [2.45, 2.75) is 0 Å². The SMILES string of the molecule is CN(C)c1ccc(NC(=O)c2ccc3[nH]ccc3c2)cc1. The third kappa shape index (κ3) is 2.74. The summed E-state index contributed by atoms with van der Waals surface area (Å²) in [4.78, 5) is 17.4. The molecule has 106 valence electrons. The molecule has 0 aliphatic heterocycles. The van der Waals surface area contributed by atoms with Crippen LogP contribution in [0, 0.1) is 0 Å². The Morgan fingerprint density at radius 3 is 2.52 bits per heavy atom. The normalized spacial score (nSPS) is 10.6. The van der Waals surface area contributed by atoms with Crippen LogP contribution in [-0.4, -0.2) is 25.0 Å². The van der Waals surface area contributed by atoms with Crippen LogP contribution < -0.4 is 10.2 Å². The summed E-state index contributed by atoms with van der Waals surface area (Å²) in [5.74, 6) is -0.101. The summed E-state index contributed by atoms with van der Waals surface area (Å²) in [6, 6.07) is 15.3. The zero-order valence-corrected chi connectivity index (χ0v) is 12.1. The van der Waals surface area contributed by atoms with Crippen LogP contribution in [0.25, 0.3) is 10.9 Å². The molecule has 0 aliphatic rings. The highest BCUT2D eigenvalue weighted by atomic mass is 16.1. The van der Waals surface area contributed by atoms with Crippen LogP contribution >= 0.6 is 0 Å². The minimum absolute atomic E-state index is 0.101. The van der Waals surface area contributed by atoms with Crippen molar-refractivity contribution in [3.8, 4) is 0 Å². The number of hydrogen-bond donors (Lipinski definition) is 2. The van der Waals surface area contributed by atoms with Crippen molar-refractivity contribution in [2.75, 3.05) is 24.3 Å². The summed E-state index contributed by atoms with van der Waals surface area (Å²) in [6.07, 6.45) is 1.87. The monoisotopic (exact) mass is 279 g/mol. The van der Waals surface area contributed by atoms with Gasteiger partial charge in [0.15, 0.2) is 0 Å². The first-order valence-electron chi connectivity index (χ1n) is 6.79. The molecule has 2 N–H and O–H groups in total. The number of aromatic amines is 1. The Hall–Kier alpha value is -2.75. The molecule has 0 radical (unpaired) electrons. The number of rotatable bonds is 3. The summed E-state index contributed by atoms with van der Waals surface area (Å²) in [5.41, 5.74) is 3.57. The Kier molecular flexibility index (Phi) is 3.36. The largest absolute Gasteiger partial charge is 0.378 e. The third-order valence-corrected chi connectivity index (χ3v) is 3.46. The Labute approximate surface area is 123 Å². The molecular weight excluding hydrogens is 262 g/mol. The number of fused-ring (bicyclic) bond motifs is 1. The van der Waals surface area contributed by atoms with Gasteiger partial charge in [0.05, 0.1) is 0 Å². The van der Waals surface area contributed by atoms with E-state index in [1.807, 2.05) is 73.7 Å². The Balaban J connectivity index is 1.78. The summed E-state index contributed by atoms with van der Waals surface area (Å²) in [6.45, 7) is 0. The average Bonchev–Trinajstić information content (AvgIpc) is 2.95. The molecule has 4 heteroatoms. The minimum Gasteiger partial charge on any atom is -0.378 e. The molecule has 0 saturated heterocycles. The second kappa shape index (κ2) is 5.32. The third-order valence-electron chi connectivity index (χ3n) is 3.46. The quantitative estimate of drug-likeness (QED) is 0.771. The van der Waals surface area contributed by atoms with Crippen LogP contribution in [-0.2, 0) is 0 Å². The molecule has 0 fully saturated rings. The van der Waals surface area contributed by atoms with Gasteiger partial charge in [0, 0.05) is 48.1 Å². The molecule has 0 spiro atoms. The van der Waals surface area contributed by atoms with Gasteiger partial charge in [-0.1, -0.05) is 0 Å². The van der Waals surface area contributed by atoms with Crippen molar-refractivity contribution in [2.24, 2.45) is 0 Å². The number of nitrogens with one attached hydrogen (secondary N) is 2. The molecule has 4 nitrogen and oxygen atoms in total. The highest BCUT2D eigenvalue weighted by molar-refractivity contribution is 6.06. The van der Waals surface area contributed by atoms with Crippen LogP contribution in [0.5, 0.6) is 0 Å². The van der Waals surface area contributed by atoms with Gasteiger partial charge in [0.1, 0.15) is 0 Å². The van der Waals surface area contributed by atoms with Gasteiger partial charge < -0.3 is 15.2 Å². The van der Waals surface area contributed by atoms with E-state index >= 15 is 0 Å². The van der Waals surface area contributed by atoms with Crippen molar-refractivity contribution >= 4 is 28.2 Å². The highest BCUT2D eigenvalue weighted by Gasteiger charge is 2.07. The van der Waals surface area contributed by atoms with Gasteiger partial charge in [-0.2, -0.15) is 0 Å². The second-order valence-corrected chi connectivity index (χ2v) is 5.18. The van der Waals surface area contributed by atoms with Crippen molar-refractivity contribution in [1.82, 2.24) is 4.98 Å².